The van der Waals surface area contributed by atoms with Crippen LogP contribution in [0, 0.1) is 17.7 Å². The first-order valence-electron chi connectivity index (χ1n) is 7.78. The van der Waals surface area contributed by atoms with E-state index in [1.165, 1.54) is 6.42 Å². The molecule has 0 bridgehead atoms. The maximum absolute atomic E-state index is 14.2. The summed E-state index contributed by atoms with van der Waals surface area (Å²) in [6, 6.07) is 7.07. The quantitative estimate of drug-likeness (QED) is 0.892. The van der Waals surface area contributed by atoms with Crippen molar-refractivity contribution < 1.29 is 4.39 Å². The molecule has 1 aromatic carbocycles. The van der Waals surface area contributed by atoms with Crippen LogP contribution in [0.3, 0.4) is 0 Å². The first-order chi connectivity index (χ1) is 9.54. The van der Waals surface area contributed by atoms with E-state index in [1.807, 2.05) is 12.1 Å². The highest BCUT2D eigenvalue weighted by molar-refractivity contribution is 5.23. The highest BCUT2D eigenvalue weighted by Gasteiger charge is 2.34. The van der Waals surface area contributed by atoms with Gasteiger partial charge in [0.1, 0.15) is 5.82 Å². The number of halogens is 1. The number of hydrogen-bond acceptors (Lipinski definition) is 2. The van der Waals surface area contributed by atoms with E-state index in [0.717, 1.165) is 25.1 Å². The maximum Gasteiger partial charge on any atom is 0.128 e. The van der Waals surface area contributed by atoms with E-state index in [2.05, 4.69) is 25.7 Å². The molecule has 3 heteroatoms. The summed E-state index contributed by atoms with van der Waals surface area (Å²) in [5, 5.41) is 0. The SMILES string of the molecule is CCC(N)C(c1ccccc1F)N1CCC(C(C)C)C1. The predicted octanol–water partition coefficient (Wildman–Crippen LogP) is 3.58. The lowest BCUT2D eigenvalue weighted by atomic mass is 9.94. The van der Waals surface area contributed by atoms with E-state index in [4.69, 9.17) is 5.73 Å². The van der Waals surface area contributed by atoms with Crippen LogP contribution in [0.25, 0.3) is 0 Å². The van der Waals surface area contributed by atoms with Crippen LogP contribution in [0.4, 0.5) is 4.39 Å². The Kier molecular flexibility index (Phi) is 5.17. The second-order valence-corrected chi connectivity index (χ2v) is 6.33. The van der Waals surface area contributed by atoms with Crippen molar-refractivity contribution in [2.45, 2.75) is 45.7 Å². The molecule has 1 aliphatic heterocycles. The predicted molar refractivity (Wildman–Crippen MR) is 81.9 cm³/mol. The fourth-order valence-electron chi connectivity index (χ4n) is 3.25. The normalized spacial score (nSPS) is 23.2. The Hall–Kier alpha value is -0.930. The van der Waals surface area contributed by atoms with E-state index in [9.17, 15) is 4.39 Å². The van der Waals surface area contributed by atoms with Crippen LogP contribution < -0.4 is 5.73 Å². The summed E-state index contributed by atoms with van der Waals surface area (Å²) in [7, 11) is 0. The number of rotatable bonds is 5. The topological polar surface area (TPSA) is 29.3 Å². The van der Waals surface area contributed by atoms with Crippen molar-refractivity contribution in [3.05, 3.63) is 35.6 Å². The van der Waals surface area contributed by atoms with Gasteiger partial charge < -0.3 is 5.73 Å². The number of nitrogens with zero attached hydrogens (tertiary/aromatic N) is 1. The molecule has 0 saturated carbocycles. The number of hydrogen-bond donors (Lipinski definition) is 1. The molecule has 2 nitrogen and oxygen atoms in total. The van der Waals surface area contributed by atoms with Gasteiger partial charge in [-0.05, 0) is 37.3 Å². The highest BCUT2D eigenvalue weighted by Crippen LogP contribution is 2.34. The molecule has 1 heterocycles. The minimum Gasteiger partial charge on any atom is -0.326 e. The van der Waals surface area contributed by atoms with Crippen molar-refractivity contribution in [1.29, 1.82) is 0 Å². The molecule has 0 amide bonds. The summed E-state index contributed by atoms with van der Waals surface area (Å²) in [6.45, 7) is 8.67. The molecule has 0 aromatic heterocycles. The maximum atomic E-state index is 14.2. The first kappa shape index (κ1) is 15.5. The molecule has 1 aromatic rings. The summed E-state index contributed by atoms with van der Waals surface area (Å²) in [6.07, 6.45) is 2.06. The van der Waals surface area contributed by atoms with Crippen LogP contribution >= 0.6 is 0 Å². The fraction of sp³-hybridized carbons (Fsp3) is 0.647. The number of benzene rings is 1. The molecule has 1 aliphatic rings. The molecule has 0 spiro atoms. The van der Waals surface area contributed by atoms with Crippen molar-refractivity contribution in [3.8, 4) is 0 Å². The van der Waals surface area contributed by atoms with Crippen molar-refractivity contribution in [2.75, 3.05) is 13.1 Å². The van der Waals surface area contributed by atoms with Gasteiger partial charge in [-0.25, -0.2) is 4.39 Å². The lowest BCUT2D eigenvalue weighted by molar-refractivity contribution is 0.191. The smallest absolute Gasteiger partial charge is 0.128 e. The zero-order chi connectivity index (χ0) is 14.7. The fourth-order valence-corrected chi connectivity index (χ4v) is 3.25. The number of nitrogens with two attached hydrogens (primary N) is 1. The Balaban J connectivity index is 2.24. The van der Waals surface area contributed by atoms with Gasteiger partial charge in [0, 0.05) is 18.2 Å². The minimum absolute atomic E-state index is 0.00458. The lowest BCUT2D eigenvalue weighted by Crippen LogP contribution is -2.40. The van der Waals surface area contributed by atoms with Crippen molar-refractivity contribution in [3.63, 3.8) is 0 Å². The Morgan fingerprint density at radius 1 is 1.35 bits per heavy atom. The highest BCUT2D eigenvalue weighted by atomic mass is 19.1. The molecule has 2 rings (SSSR count). The van der Waals surface area contributed by atoms with E-state index < -0.39 is 0 Å². The second kappa shape index (κ2) is 6.68. The zero-order valence-electron chi connectivity index (χ0n) is 12.8. The van der Waals surface area contributed by atoms with Gasteiger partial charge in [0.25, 0.3) is 0 Å². The van der Waals surface area contributed by atoms with Gasteiger partial charge in [-0.1, -0.05) is 39.0 Å². The van der Waals surface area contributed by atoms with Crippen LogP contribution in [0.5, 0.6) is 0 Å². The largest absolute Gasteiger partial charge is 0.326 e. The third-order valence-electron chi connectivity index (χ3n) is 4.69. The first-order valence-corrected chi connectivity index (χ1v) is 7.78. The van der Waals surface area contributed by atoms with Crippen LogP contribution in [-0.4, -0.2) is 24.0 Å². The van der Waals surface area contributed by atoms with Crippen molar-refractivity contribution in [2.24, 2.45) is 17.6 Å². The zero-order valence-corrected chi connectivity index (χ0v) is 12.8. The van der Waals surface area contributed by atoms with E-state index >= 15 is 0 Å². The molecule has 112 valence electrons. The molecule has 20 heavy (non-hydrogen) atoms. The average molecular weight is 278 g/mol. The van der Waals surface area contributed by atoms with Gasteiger partial charge in [0.05, 0.1) is 6.04 Å². The molecule has 2 N–H and O–H groups in total. The molecule has 1 saturated heterocycles. The molecule has 1 fully saturated rings. The number of likely N-dealkylation sites (tertiary alicyclic amines) is 1. The Morgan fingerprint density at radius 2 is 2.05 bits per heavy atom. The summed E-state index contributed by atoms with van der Waals surface area (Å²) < 4.78 is 14.2. The van der Waals surface area contributed by atoms with Crippen molar-refractivity contribution in [1.82, 2.24) is 4.90 Å². The minimum atomic E-state index is -0.130. The van der Waals surface area contributed by atoms with Gasteiger partial charge in [0.2, 0.25) is 0 Å². The summed E-state index contributed by atoms with van der Waals surface area (Å²) >= 11 is 0. The van der Waals surface area contributed by atoms with Crippen molar-refractivity contribution >= 4 is 0 Å². The average Bonchev–Trinajstić information content (AvgIpc) is 2.90. The van der Waals surface area contributed by atoms with E-state index in [1.54, 1.807) is 12.1 Å². The molecule has 3 atom stereocenters. The molecule has 3 unspecified atom stereocenters. The van der Waals surface area contributed by atoms with Gasteiger partial charge in [-0.3, -0.25) is 4.90 Å². The van der Waals surface area contributed by atoms with Gasteiger partial charge in [0.15, 0.2) is 0 Å². The Labute approximate surface area is 122 Å². The second-order valence-electron chi connectivity index (χ2n) is 6.33. The monoisotopic (exact) mass is 278 g/mol. The van der Waals surface area contributed by atoms with Crippen LogP contribution in [0.15, 0.2) is 24.3 Å². The third-order valence-corrected chi connectivity index (χ3v) is 4.69. The van der Waals surface area contributed by atoms with Crippen LogP contribution in [0.2, 0.25) is 0 Å². The Morgan fingerprint density at radius 3 is 2.60 bits per heavy atom. The van der Waals surface area contributed by atoms with Gasteiger partial charge in [-0.15, -0.1) is 0 Å². The van der Waals surface area contributed by atoms with Gasteiger partial charge in [-0.2, -0.15) is 0 Å². The van der Waals surface area contributed by atoms with Gasteiger partial charge >= 0.3 is 0 Å². The van der Waals surface area contributed by atoms with Crippen LogP contribution in [0.1, 0.15) is 45.2 Å². The molecular weight excluding hydrogens is 251 g/mol. The standard InChI is InChI=1S/C17H27FN2/c1-4-16(19)17(14-7-5-6-8-15(14)18)20-10-9-13(11-20)12(2)3/h5-8,12-13,16-17H,4,9-11,19H2,1-3H3. The van der Waals surface area contributed by atoms with Crippen LogP contribution in [-0.2, 0) is 0 Å². The third kappa shape index (κ3) is 3.21. The summed E-state index contributed by atoms with van der Waals surface area (Å²) in [5.41, 5.74) is 7.07. The molecule has 0 aliphatic carbocycles. The lowest BCUT2D eigenvalue weighted by Gasteiger charge is -2.33. The van der Waals surface area contributed by atoms with E-state index in [0.29, 0.717) is 11.8 Å². The summed E-state index contributed by atoms with van der Waals surface area (Å²) in [5.74, 6) is 1.25. The van der Waals surface area contributed by atoms with E-state index in [-0.39, 0.29) is 17.9 Å². The Bertz CT molecular complexity index is 433. The molecule has 0 radical (unpaired) electrons. The molecular formula is C17H27FN2. The summed E-state index contributed by atoms with van der Waals surface area (Å²) in [4.78, 5) is 2.39.